The van der Waals surface area contributed by atoms with Crippen molar-refractivity contribution in [3.05, 3.63) is 0 Å². The summed E-state index contributed by atoms with van der Waals surface area (Å²) in [6.45, 7) is -2.17. The molecule has 9 N–H and O–H groups in total. The molecule has 1 aliphatic rings. The second kappa shape index (κ2) is 9.18. The molecule has 1 saturated heterocycles. The first-order valence-electron chi connectivity index (χ1n) is 7.34. The van der Waals surface area contributed by atoms with Crippen LogP contribution in [0.15, 0.2) is 0 Å². The third-order valence-corrected chi connectivity index (χ3v) is 4.20. The highest BCUT2D eigenvalue weighted by molar-refractivity contribution is 4.94. The van der Waals surface area contributed by atoms with Gasteiger partial charge in [-0.15, -0.1) is 0 Å². The van der Waals surface area contributed by atoms with Gasteiger partial charge in [0.05, 0.1) is 38.1 Å². The molecule has 0 aromatic carbocycles. The average molecular weight is 342 g/mol. The fourth-order valence-electron chi connectivity index (χ4n) is 2.69. The number of hydrogen-bond donors (Lipinski definition) is 9. The highest BCUT2D eigenvalue weighted by Gasteiger charge is 2.45. The van der Waals surface area contributed by atoms with Gasteiger partial charge in [0.25, 0.3) is 0 Å². The molecule has 1 rings (SSSR count). The van der Waals surface area contributed by atoms with Gasteiger partial charge < -0.3 is 50.7 Å². The second-order valence-corrected chi connectivity index (χ2v) is 5.76. The summed E-state index contributed by atoms with van der Waals surface area (Å²) in [5.41, 5.74) is 0. The van der Waals surface area contributed by atoms with E-state index in [9.17, 15) is 30.6 Å². The van der Waals surface area contributed by atoms with E-state index < -0.39 is 74.6 Å². The molecule has 0 spiro atoms. The minimum atomic E-state index is -1.63. The van der Waals surface area contributed by atoms with Crippen LogP contribution in [0.25, 0.3) is 0 Å². The Morgan fingerprint density at radius 3 is 1.74 bits per heavy atom. The summed E-state index contributed by atoms with van der Waals surface area (Å²) in [6, 6.07) is 0. The molecular formula is C13H26O10. The maximum atomic E-state index is 9.96. The van der Waals surface area contributed by atoms with Crippen LogP contribution in [0.4, 0.5) is 0 Å². The van der Waals surface area contributed by atoms with E-state index in [1.54, 1.807) is 0 Å². The van der Waals surface area contributed by atoms with E-state index in [2.05, 4.69) is 0 Å². The zero-order valence-electron chi connectivity index (χ0n) is 12.5. The maximum absolute atomic E-state index is 9.96. The summed E-state index contributed by atoms with van der Waals surface area (Å²) in [6.07, 6.45) is -12.1. The second-order valence-electron chi connectivity index (χ2n) is 5.76. The van der Waals surface area contributed by atoms with E-state index >= 15 is 0 Å². The molecule has 0 aromatic heterocycles. The summed E-state index contributed by atoms with van der Waals surface area (Å²) in [7, 11) is 0. The quantitative estimate of drug-likeness (QED) is 0.206. The monoisotopic (exact) mass is 342 g/mol. The Labute approximate surface area is 132 Å². The minimum Gasteiger partial charge on any atom is -0.394 e. The Balaban J connectivity index is 2.89. The Morgan fingerprint density at radius 2 is 1.26 bits per heavy atom. The smallest absolute Gasteiger partial charge is 0.111 e. The highest BCUT2D eigenvalue weighted by Crippen LogP contribution is 2.28. The highest BCUT2D eigenvalue weighted by atomic mass is 16.5. The topological polar surface area (TPSA) is 191 Å². The predicted octanol–water partition coefficient (Wildman–Crippen LogP) is -5.10. The zero-order chi connectivity index (χ0) is 17.7. The van der Waals surface area contributed by atoms with Gasteiger partial charge in [0, 0.05) is 5.92 Å². The van der Waals surface area contributed by atoms with Gasteiger partial charge in [0.15, 0.2) is 0 Å². The van der Waals surface area contributed by atoms with Crippen molar-refractivity contribution in [2.24, 2.45) is 5.92 Å². The molecule has 1 heterocycles. The molecule has 5 unspecified atom stereocenters. The van der Waals surface area contributed by atoms with Crippen molar-refractivity contribution in [2.75, 3.05) is 19.8 Å². The molecule has 1 aliphatic heterocycles. The van der Waals surface area contributed by atoms with Crippen LogP contribution in [0.1, 0.15) is 6.42 Å². The molecule has 0 aliphatic carbocycles. The van der Waals surface area contributed by atoms with Crippen molar-refractivity contribution >= 4 is 0 Å². The summed E-state index contributed by atoms with van der Waals surface area (Å²) < 4.78 is 5.26. The van der Waals surface area contributed by atoms with Gasteiger partial charge in [0.2, 0.25) is 0 Å². The largest absolute Gasteiger partial charge is 0.394 e. The molecule has 0 saturated carbocycles. The van der Waals surface area contributed by atoms with E-state index in [-0.39, 0.29) is 6.42 Å². The van der Waals surface area contributed by atoms with Crippen molar-refractivity contribution < 1.29 is 50.7 Å². The van der Waals surface area contributed by atoms with E-state index in [0.717, 1.165) is 0 Å². The molecule has 10 heteroatoms. The number of aliphatic hydroxyl groups excluding tert-OH is 9. The lowest BCUT2D eigenvalue weighted by molar-refractivity contribution is -0.237. The molecule has 0 bridgehead atoms. The minimum absolute atomic E-state index is 0.304. The Morgan fingerprint density at radius 1 is 0.739 bits per heavy atom. The van der Waals surface area contributed by atoms with Crippen LogP contribution in [0.5, 0.6) is 0 Å². The van der Waals surface area contributed by atoms with Gasteiger partial charge >= 0.3 is 0 Å². The zero-order valence-corrected chi connectivity index (χ0v) is 12.5. The van der Waals surface area contributed by atoms with Crippen molar-refractivity contribution in [1.29, 1.82) is 0 Å². The van der Waals surface area contributed by atoms with Crippen molar-refractivity contribution in [3.63, 3.8) is 0 Å². The van der Waals surface area contributed by atoms with E-state index in [1.165, 1.54) is 0 Å². The summed E-state index contributed by atoms with van der Waals surface area (Å²) in [5.74, 6) is -1.19. The maximum Gasteiger partial charge on any atom is 0.111 e. The molecule has 0 amide bonds. The number of hydrogen-bond acceptors (Lipinski definition) is 10. The average Bonchev–Trinajstić information content (AvgIpc) is 2.57. The third-order valence-electron chi connectivity index (χ3n) is 4.20. The van der Waals surface area contributed by atoms with Gasteiger partial charge in [-0.05, 0) is 6.42 Å². The van der Waals surface area contributed by atoms with Gasteiger partial charge in [-0.3, -0.25) is 0 Å². The molecule has 0 aromatic rings. The number of ether oxygens (including phenoxy) is 1. The molecule has 1 fully saturated rings. The van der Waals surface area contributed by atoms with Gasteiger partial charge in [-0.2, -0.15) is 0 Å². The van der Waals surface area contributed by atoms with Gasteiger partial charge in [-0.25, -0.2) is 0 Å². The number of rotatable bonds is 8. The Bertz CT molecular complexity index is 341. The summed E-state index contributed by atoms with van der Waals surface area (Å²) >= 11 is 0. The fraction of sp³-hybridized carbons (Fsp3) is 1.00. The van der Waals surface area contributed by atoms with Crippen LogP contribution in [-0.4, -0.2) is 115 Å². The van der Waals surface area contributed by atoms with Gasteiger partial charge in [-0.1, -0.05) is 0 Å². The van der Waals surface area contributed by atoms with Crippen LogP contribution in [0.2, 0.25) is 0 Å². The first-order chi connectivity index (χ1) is 10.8. The van der Waals surface area contributed by atoms with Crippen molar-refractivity contribution in [2.45, 2.75) is 55.3 Å². The molecular weight excluding hydrogens is 316 g/mol. The van der Waals surface area contributed by atoms with Crippen LogP contribution in [-0.2, 0) is 4.74 Å². The van der Waals surface area contributed by atoms with Crippen LogP contribution < -0.4 is 0 Å². The lowest BCUT2D eigenvalue weighted by Gasteiger charge is -2.42. The lowest BCUT2D eigenvalue weighted by Crippen LogP contribution is -2.59. The first-order valence-corrected chi connectivity index (χ1v) is 7.34. The van der Waals surface area contributed by atoms with Crippen LogP contribution in [0.3, 0.4) is 0 Å². The van der Waals surface area contributed by atoms with Crippen LogP contribution >= 0.6 is 0 Å². The normalized spacial score (nSPS) is 37.2. The Kier molecular flexibility index (Phi) is 8.24. The Hall–Kier alpha value is -0.400. The third kappa shape index (κ3) is 4.79. The molecule has 9 atom stereocenters. The fourth-order valence-corrected chi connectivity index (χ4v) is 2.69. The molecule has 23 heavy (non-hydrogen) atoms. The lowest BCUT2D eigenvalue weighted by atomic mass is 9.83. The summed E-state index contributed by atoms with van der Waals surface area (Å²) in [5, 5.41) is 85.7. The van der Waals surface area contributed by atoms with Crippen LogP contribution in [0, 0.1) is 5.92 Å². The number of aliphatic hydroxyl groups is 9. The predicted molar refractivity (Wildman–Crippen MR) is 74.1 cm³/mol. The first kappa shape index (κ1) is 20.6. The van der Waals surface area contributed by atoms with E-state index in [4.69, 9.17) is 20.1 Å². The molecule has 10 nitrogen and oxygen atoms in total. The SMILES string of the molecule is OCC1OC(C[C@@H]([C@H](O)[C@@H](O)CO)[C@H](O)CO)C(O)C(O)C1O. The summed E-state index contributed by atoms with van der Waals surface area (Å²) in [4.78, 5) is 0. The standard InChI is InChI=1S/C13H26O10/c14-2-6(17)5(10(19)7(18)3-15)1-8-11(20)13(22)12(21)9(4-16)23-8/h5-22H,1-4H2/t5-,6-,7+,8?,9?,10+,11?,12?,13?/m1/s1. The van der Waals surface area contributed by atoms with Gasteiger partial charge in [0.1, 0.15) is 30.5 Å². The van der Waals surface area contributed by atoms with Crippen molar-refractivity contribution in [3.8, 4) is 0 Å². The molecule has 0 radical (unpaired) electrons. The molecule has 138 valence electrons. The van der Waals surface area contributed by atoms with E-state index in [0.29, 0.717) is 0 Å². The van der Waals surface area contributed by atoms with Crippen molar-refractivity contribution in [1.82, 2.24) is 0 Å². The van der Waals surface area contributed by atoms with E-state index in [1.807, 2.05) is 0 Å².